The molecule has 0 rings (SSSR count). The van der Waals surface area contributed by atoms with Crippen LogP contribution in [-0.2, 0) is 14.0 Å². The average Bonchev–Trinajstić information content (AvgIpc) is 1.77. The van der Waals surface area contributed by atoms with Gasteiger partial charge in [-0.1, -0.05) is 0 Å². The summed E-state index contributed by atoms with van der Waals surface area (Å²) < 4.78 is 110. The van der Waals surface area contributed by atoms with Crippen molar-refractivity contribution in [2.75, 3.05) is 0 Å². The van der Waals surface area contributed by atoms with E-state index in [1.54, 1.807) is 0 Å². The minimum atomic E-state index is -6.18. The van der Waals surface area contributed by atoms with Crippen molar-refractivity contribution in [1.29, 1.82) is 0 Å². The van der Waals surface area contributed by atoms with Crippen LogP contribution < -0.4 is 0 Å². The molecule has 4 nitrogen and oxygen atoms in total. The third-order valence-corrected chi connectivity index (χ3v) is 19.0. The van der Waals surface area contributed by atoms with Crippen LogP contribution in [0, 0.1) is 0 Å². The molecule has 0 amide bonds. The standard InChI is InChI=1S/2CF3O2S.Sn/c2*2-1(3,4)7(5)6;. The Balaban J connectivity index is 5.28. The number of alkyl halides is 6. The summed E-state index contributed by atoms with van der Waals surface area (Å²) in [6, 6.07) is 0. The molecule has 0 aromatic carbocycles. The molecule has 0 aromatic heterocycles. The molecule has 0 fully saturated rings. The summed E-state index contributed by atoms with van der Waals surface area (Å²) in [7, 11) is -12.4. The van der Waals surface area contributed by atoms with Gasteiger partial charge in [-0.2, -0.15) is 0 Å². The molecule has 0 heterocycles. The molecular formula is C2F6O4S2Sn. The first-order valence-corrected chi connectivity index (χ1v) is 12.6. The van der Waals surface area contributed by atoms with E-state index in [0.717, 1.165) is 0 Å². The van der Waals surface area contributed by atoms with Gasteiger partial charge in [-0.05, 0) is 0 Å². The molecule has 0 unspecified atom stereocenters. The van der Waals surface area contributed by atoms with Crippen LogP contribution in [0.3, 0.4) is 0 Å². The molecule has 0 aliphatic carbocycles. The monoisotopic (exact) mass is 386 g/mol. The topological polar surface area (TPSA) is 68.3 Å². The molecule has 0 spiro atoms. The number of hydrogen-bond acceptors (Lipinski definition) is 4. The van der Waals surface area contributed by atoms with Gasteiger partial charge in [0.25, 0.3) is 0 Å². The second-order valence-electron chi connectivity index (χ2n) is 1.98. The molecule has 0 aliphatic rings. The maximum atomic E-state index is 11.6. The third-order valence-electron chi connectivity index (χ3n) is 0.829. The third kappa shape index (κ3) is 3.65. The molecule has 2 radical (unpaired) electrons. The summed E-state index contributed by atoms with van der Waals surface area (Å²) >= 11 is -4.76. The van der Waals surface area contributed by atoms with Crippen LogP contribution in [0.1, 0.15) is 0 Å². The van der Waals surface area contributed by atoms with Crippen LogP contribution in [0.4, 0.5) is 26.3 Å². The molecule has 0 aliphatic heterocycles. The molecule has 90 valence electrons. The van der Waals surface area contributed by atoms with Gasteiger partial charge in [0.1, 0.15) is 0 Å². The molecule has 0 aromatic rings. The normalized spacial score (nSPS) is 15.3. The van der Waals surface area contributed by atoms with Crippen molar-refractivity contribution in [2.45, 2.75) is 11.0 Å². The van der Waals surface area contributed by atoms with Crippen LogP contribution in [-0.4, -0.2) is 46.2 Å². The van der Waals surface area contributed by atoms with Gasteiger partial charge in [0.15, 0.2) is 0 Å². The van der Waals surface area contributed by atoms with E-state index in [1.807, 2.05) is 0 Å². The van der Waals surface area contributed by atoms with E-state index in [2.05, 4.69) is 0 Å². The van der Waals surface area contributed by atoms with Crippen molar-refractivity contribution in [2.24, 2.45) is 0 Å². The Bertz CT molecular complexity index is 385. The fraction of sp³-hybridized carbons (Fsp3) is 1.00. The van der Waals surface area contributed by atoms with E-state index in [-0.39, 0.29) is 0 Å². The zero-order valence-electron chi connectivity index (χ0n) is 6.22. The Morgan fingerprint density at radius 1 is 0.667 bits per heavy atom. The van der Waals surface area contributed by atoms with Crippen LogP contribution in [0.15, 0.2) is 0 Å². The second-order valence-corrected chi connectivity index (χ2v) is 19.1. The number of halogens is 6. The zero-order chi connectivity index (χ0) is 12.7. The fourth-order valence-corrected chi connectivity index (χ4v) is 14.4. The first-order chi connectivity index (χ1) is 6.21. The van der Waals surface area contributed by atoms with Gasteiger partial charge in [-0.15, -0.1) is 0 Å². The predicted molar refractivity (Wildman–Crippen MR) is 35.7 cm³/mol. The van der Waals surface area contributed by atoms with E-state index >= 15 is 0 Å². The molecule has 15 heavy (non-hydrogen) atoms. The Kier molecular flexibility index (Phi) is 4.01. The molecule has 0 atom stereocenters. The number of hydrogen-bond donors (Lipinski definition) is 0. The van der Waals surface area contributed by atoms with Gasteiger partial charge in [0.2, 0.25) is 0 Å². The maximum absolute atomic E-state index is 11.6. The van der Waals surface area contributed by atoms with Crippen LogP contribution >= 0.6 is 0 Å². The Hall–Kier alpha value is 0.279. The zero-order valence-corrected chi connectivity index (χ0v) is 10.7. The van der Waals surface area contributed by atoms with Gasteiger partial charge in [-0.3, -0.25) is 0 Å². The van der Waals surface area contributed by atoms with Gasteiger partial charge in [0.05, 0.1) is 0 Å². The fourth-order valence-electron chi connectivity index (χ4n) is 0.239. The Morgan fingerprint density at radius 2 is 0.867 bits per heavy atom. The summed E-state index contributed by atoms with van der Waals surface area (Å²) in [6.07, 6.45) is 0. The van der Waals surface area contributed by atoms with E-state index in [9.17, 15) is 43.2 Å². The summed E-state index contributed by atoms with van der Waals surface area (Å²) in [6.45, 7) is 0. The van der Waals surface area contributed by atoms with E-state index in [4.69, 9.17) is 0 Å². The van der Waals surface area contributed by atoms with Crippen LogP contribution in [0.25, 0.3) is 0 Å². The average molecular weight is 385 g/mol. The van der Waals surface area contributed by atoms with Crippen LogP contribution in [0.2, 0.25) is 0 Å². The van der Waals surface area contributed by atoms with E-state index in [0.29, 0.717) is 0 Å². The van der Waals surface area contributed by atoms with E-state index in [1.165, 1.54) is 0 Å². The van der Waals surface area contributed by atoms with Gasteiger partial charge < -0.3 is 0 Å². The summed E-state index contributed by atoms with van der Waals surface area (Å²) in [5.41, 5.74) is -11.9. The summed E-state index contributed by atoms with van der Waals surface area (Å²) in [5.74, 6) is 0. The van der Waals surface area contributed by atoms with Crippen molar-refractivity contribution < 1.29 is 43.2 Å². The summed E-state index contributed by atoms with van der Waals surface area (Å²) in [4.78, 5) is 0. The SMILES string of the molecule is O=[S](=O)([Sn][S](=O)(=O)C(F)(F)F)C(F)(F)F. The molecule has 0 saturated carbocycles. The quantitative estimate of drug-likeness (QED) is 0.510. The molecule has 0 bridgehead atoms. The van der Waals surface area contributed by atoms with Crippen LogP contribution in [0.5, 0.6) is 0 Å². The molecule has 13 heteroatoms. The summed E-state index contributed by atoms with van der Waals surface area (Å²) in [5, 5.41) is 0. The minimum absolute atomic E-state index is 4.76. The van der Waals surface area contributed by atoms with Gasteiger partial charge >= 0.3 is 86.6 Å². The van der Waals surface area contributed by atoms with Crippen molar-refractivity contribution in [1.82, 2.24) is 0 Å². The van der Waals surface area contributed by atoms with E-state index < -0.39 is 43.4 Å². The first-order valence-electron chi connectivity index (χ1n) is 2.62. The second kappa shape index (κ2) is 3.94. The van der Waals surface area contributed by atoms with Gasteiger partial charge in [0, 0.05) is 0 Å². The van der Waals surface area contributed by atoms with Crippen molar-refractivity contribution in [3.05, 3.63) is 0 Å². The molecule has 0 saturated heterocycles. The Labute approximate surface area is 86.6 Å². The van der Waals surface area contributed by atoms with Gasteiger partial charge in [-0.25, -0.2) is 0 Å². The number of rotatable bonds is 2. The van der Waals surface area contributed by atoms with Crippen molar-refractivity contribution in [3.63, 3.8) is 0 Å². The van der Waals surface area contributed by atoms with Crippen molar-refractivity contribution in [3.8, 4) is 0 Å². The molecular weight excluding hydrogens is 385 g/mol. The first kappa shape index (κ1) is 15.3. The Morgan fingerprint density at radius 3 is 1.00 bits per heavy atom. The predicted octanol–water partition coefficient (Wildman–Crippen LogP) is 0.390. The molecule has 0 N–H and O–H groups in total. The van der Waals surface area contributed by atoms with Crippen molar-refractivity contribution >= 4 is 32.4 Å².